The highest BCUT2D eigenvalue weighted by molar-refractivity contribution is 9.10. The van der Waals surface area contributed by atoms with Crippen LogP contribution < -0.4 is 15.6 Å². The SMILES string of the molecule is CCCc1nc2ccc(Br)cc2c(=O)n1N=Cc1ccc(OCC(=O)Nc2ccc(C)cc2)c(Cl)c1. The highest BCUT2D eigenvalue weighted by Crippen LogP contribution is 2.25. The van der Waals surface area contributed by atoms with E-state index in [4.69, 9.17) is 16.3 Å². The number of halogens is 2. The fraction of sp³-hybridized carbons (Fsp3) is 0.185. The van der Waals surface area contributed by atoms with Crippen LogP contribution in [0.2, 0.25) is 5.02 Å². The molecule has 4 rings (SSSR count). The van der Waals surface area contributed by atoms with E-state index in [0.29, 0.717) is 45.2 Å². The number of benzene rings is 3. The van der Waals surface area contributed by atoms with Crippen molar-refractivity contribution in [1.29, 1.82) is 0 Å². The van der Waals surface area contributed by atoms with E-state index < -0.39 is 0 Å². The molecule has 36 heavy (non-hydrogen) atoms. The third kappa shape index (κ3) is 6.19. The minimum Gasteiger partial charge on any atom is -0.482 e. The number of hydrogen-bond acceptors (Lipinski definition) is 5. The van der Waals surface area contributed by atoms with E-state index in [1.807, 2.05) is 50.2 Å². The molecule has 1 amide bonds. The number of ether oxygens (including phenoxy) is 1. The van der Waals surface area contributed by atoms with Crippen LogP contribution in [0.1, 0.15) is 30.3 Å². The molecule has 184 valence electrons. The molecule has 0 atom stereocenters. The van der Waals surface area contributed by atoms with Gasteiger partial charge in [-0.3, -0.25) is 9.59 Å². The molecule has 0 aliphatic carbocycles. The molecule has 9 heteroatoms. The van der Waals surface area contributed by atoms with Gasteiger partial charge in [-0.25, -0.2) is 4.98 Å². The van der Waals surface area contributed by atoms with Crippen molar-refractivity contribution in [3.63, 3.8) is 0 Å². The third-order valence-corrected chi connectivity index (χ3v) is 6.11. The Hall–Kier alpha value is -3.49. The highest BCUT2D eigenvalue weighted by atomic mass is 79.9. The van der Waals surface area contributed by atoms with Gasteiger partial charge in [0.25, 0.3) is 11.5 Å². The first kappa shape index (κ1) is 25.6. The van der Waals surface area contributed by atoms with E-state index in [0.717, 1.165) is 16.5 Å². The summed E-state index contributed by atoms with van der Waals surface area (Å²) in [5.74, 6) is 0.659. The van der Waals surface area contributed by atoms with E-state index in [9.17, 15) is 9.59 Å². The van der Waals surface area contributed by atoms with Crippen molar-refractivity contribution in [2.24, 2.45) is 5.10 Å². The molecule has 7 nitrogen and oxygen atoms in total. The lowest BCUT2D eigenvalue weighted by Gasteiger charge is -2.10. The van der Waals surface area contributed by atoms with E-state index in [2.05, 4.69) is 31.3 Å². The number of carbonyl (C=O) groups is 1. The van der Waals surface area contributed by atoms with E-state index in [-0.39, 0.29) is 18.1 Å². The van der Waals surface area contributed by atoms with Crippen molar-refractivity contribution in [2.45, 2.75) is 26.7 Å². The molecular formula is C27H24BrClN4O3. The number of carbonyl (C=O) groups excluding carboxylic acids is 1. The zero-order valence-electron chi connectivity index (χ0n) is 19.8. The first-order chi connectivity index (χ1) is 17.3. The number of rotatable bonds is 8. The van der Waals surface area contributed by atoms with E-state index in [1.54, 1.807) is 30.5 Å². The summed E-state index contributed by atoms with van der Waals surface area (Å²) >= 11 is 9.78. The van der Waals surface area contributed by atoms with Gasteiger partial charge in [-0.15, -0.1) is 0 Å². The molecule has 0 radical (unpaired) electrons. The maximum absolute atomic E-state index is 13.1. The predicted octanol–water partition coefficient (Wildman–Crippen LogP) is 5.97. The van der Waals surface area contributed by atoms with Gasteiger partial charge in [0.1, 0.15) is 11.6 Å². The second kappa shape index (κ2) is 11.5. The van der Waals surface area contributed by atoms with Crippen LogP contribution >= 0.6 is 27.5 Å². The number of nitrogens with one attached hydrogen (secondary N) is 1. The van der Waals surface area contributed by atoms with Gasteiger partial charge in [-0.1, -0.05) is 52.2 Å². The number of fused-ring (bicyclic) bond motifs is 1. The average Bonchev–Trinajstić information content (AvgIpc) is 2.85. The fourth-order valence-electron chi connectivity index (χ4n) is 3.52. The van der Waals surface area contributed by atoms with Gasteiger partial charge in [0.2, 0.25) is 0 Å². The normalized spacial score (nSPS) is 11.2. The van der Waals surface area contributed by atoms with Crippen molar-refractivity contribution in [3.05, 3.63) is 97.5 Å². The van der Waals surface area contributed by atoms with Crippen molar-refractivity contribution < 1.29 is 9.53 Å². The standard InChI is InChI=1S/C27H24BrClN4O3/c1-3-4-25-32-23-11-8-19(28)14-21(23)27(35)33(25)30-15-18-7-12-24(22(29)13-18)36-16-26(34)31-20-9-5-17(2)6-10-20/h5-15H,3-4,16H2,1-2H3,(H,31,34). The second-order valence-electron chi connectivity index (χ2n) is 8.19. The Morgan fingerprint density at radius 1 is 1.17 bits per heavy atom. The van der Waals surface area contributed by atoms with Gasteiger partial charge in [-0.2, -0.15) is 9.78 Å². The Balaban J connectivity index is 1.49. The summed E-state index contributed by atoms with van der Waals surface area (Å²) < 4.78 is 7.70. The largest absolute Gasteiger partial charge is 0.482 e. The molecule has 0 spiro atoms. The quantitative estimate of drug-likeness (QED) is 0.266. The molecule has 0 saturated heterocycles. The van der Waals surface area contributed by atoms with Gasteiger partial charge < -0.3 is 10.1 Å². The molecule has 4 aromatic rings. The highest BCUT2D eigenvalue weighted by Gasteiger charge is 2.11. The molecule has 1 heterocycles. The summed E-state index contributed by atoms with van der Waals surface area (Å²) in [4.78, 5) is 29.9. The summed E-state index contributed by atoms with van der Waals surface area (Å²) in [6.45, 7) is 3.81. The van der Waals surface area contributed by atoms with Gasteiger partial charge in [0, 0.05) is 16.6 Å². The first-order valence-electron chi connectivity index (χ1n) is 11.4. The molecule has 1 aromatic heterocycles. The number of anilines is 1. The lowest BCUT2D eigenvalue weighted by atomic mass is 10.2. The smallest absolute Gasteiger partial charge is 0.282 e. The Labute approximate surface area is 221 Å². The van der Waals surface area contributed by atoms with Crippen molar-refractivity contribution in [2.75, 3.05) is 11.9 Å². The van der Waals surface area contributed by atoms with Crippen LogP contribution in [-0.2, 0) is 11.2 Å². The summed E-state index contributed by atoms with van der Waals surface area (Å²) in [5, 5.41) is 7.99. The second-order valence-corrected chi connectivity index (χ2v) is 9.52. The monoisotopic (exact) mass is 566 g/mol. The zero-order valence-corrected chi connectivity index (χ0v) is 22.1. The lowest BCUT2D eigenvalue weighted by Crippen LogP contribution is -2.22. The molecule has 0 aliphatic heterocycles. The van der Waals surface area contributed by atoms with Gasteiger partial charge >= 0.3 is 0 Å². The molecule has 3 aromatic carbocycles. The molecule has 1 N–H and O–H groups in total. The number of hydrogen-bond donors (Lipinski definition) is 1. The summed E-state index contributed by atoms with van der Waals surface area (Å²) in [6, 6.07) is 18.0. The third-order valence-electron chi connectivity index (χ3n) is 5.32. The molecule has 0 aliphatic rings. The van der Waals surface area contributed by atoms with Gasteiger partial charge in [0.15, 0.2) is 6.61 Å². The van der Waals surface area contributed by atoms with Crippen molar-refractivity contribution >= 4 is 56.2 Å². The Bertz CT molecular complexity index is 1500. The molecular weight excluding hydrogens is 544 g/mol. The predicted molar refractivity (Wildman–Crippen MR) is 147 cm³/mol. The maximum atomic E-state index is 13.1. The number of nitrogens with zero attached hydrogens (tertiary/aromatic N) is 3. The minimum atomic E-state index is -0.293. The van der Waals surface area contributed by atoms with Crippen LogP contribution in [0.5, 0.6) is 5.75 Å². The van der Waals surface area contributed by atoms with Crippen LogP contribution in [0.3, 0.4) is 0 Å². The molecule has 0 fully saturated rings. The zero-order chi connectivity index (χ0) is 25.7. The van der Waals surface area contributed by atoms with E-state index >= 15 is 0 Å². The summed E-state index contributed by atoms with van der Waals surface area (Å²) in [5.41, 5.74) is 2.86. The average molecular weight is 568 g/mol. The van der Waals surface area contributed by atoms with Crippen LogP contribution in [0.25, 0.3) is 10.9 Å². The summed E-state index contributed by atoms with van der Waals surface area (Å²) in [6.07, 6.45) is 2.97. The maximum Gasteiger partial charge on any atom is 0.282 e. The summed E-state index contributed by atoms with van der Waals surface area (Å²) in [7, 11) is 0. The van der Waals surface area contributed by atoms with Crippen LogP contribution in [0.15, 0.2) is 75.0 Å². The lowest BCUT2D eigenvalue weighted by molar-refractivity contribution is -0.118. The van der Waals surface area contributed by atoms with Gasteiger partial charge in [-0.05, 0) is 67.4 Å². The Kier molecular flexibility index (Phi) is 8.18. The fourth-order valence-corrected chi connectivity index (χ4v) is 4.12. The van der Waals surface area contributed by atoms with Crippen molar-refractivity contribution in [3.8, 4) is 5.75 Å². The number of aromatic nitrogens is 2. The molecule has 0 bridgehead atoms. The first-order valence-corrected chi connectivity index (χ1v) is 12.6. The van der Waals surface area contributed by atoms with Crippen LogP contribution in [0.4, 0.5) is 5.69 Å². The molecule has 0 saturated carbocycles. The Morgan fingerprint density at radius 3 is 2.67 bits per heavy atom. The topological polar surface area (TPSA) is 85.6 Å². The van der Waals surface area contributed by atoms with Crippen LogP contribution in [-0.4, -0.2) is 28.4 Å². The Morgan fingerprint density at radius 2 is 1.94 bits per heavy atom. The number of amides is 1. The molecule has 0 unspecified atom stereocenters. The van der Waals surface area contributed by atoms with Crippen LogP contribution in [0, 0.1) is 6.92 Å². The van der Waals surface area contributed by atoms with Crippen molar-refractivity contribution in [1.82, 2.24) is 9.66 Å². The number of aryl methyl sites for hydroxylation is 2. The minimum absolute atomic E-state index is 0.185. The van der Waals surface area contributed by atoms with Gasteiger partial charge in [0.05, 0.1) is 22.1 Å². The van der Waals surface area contributed by atoms with E-state index in [1.165, 1.54) is 4.68 Å².